The van der Waals surface area contributed by atoms with E-state index in [0.717, 1.165) is 9.87 Å². The maximum absolute atomic E-state index is 12.2. The Morgan fingerprint density at radius 3 is 2.67 bits per heavy atom. The highest BCUT2D eigenvalue weighted by Crippen LogP contribution is 2.26. The van der Waals surface area contributed by atoms with Gasteiger partial charge in [0.1, 0.15) is 10.6 Å². The number of nitrogens with one attached hydrogen (secondary N) is 1. The highest BCUT2D eigenvalue weighted by Gasteiger charge is 2.22. The number of hydrogen-bond donors (Lipinski definition) is 1. The normalized spacial score (nSPS) is 11.0. The number of carbonyl (C=O) groups is 1. The molecule has 21 heavy (non-hydrogen) atoms. The van der Waals surface area contributed by atoms with E-state index in [9.17, 15) is 13.2 Å². The first-order valence-electron chi connectivity index (χ1n) is 6.15. The Hall–Kier alpha value is -2.04. The molecule has 7 heteroatoms. The molecule has 1 rings (SSSR count). The molecule has 114 valence electrons. The minimum atomic E-state index is -3.65. The number of hydrogen-bond acceptors (Lipinski definition) is 4. The smallest absolute Gasteiger partial charge is 0.258 e. The lowest BCUT2D eigenvalue weighted by Gasteiger charge is -2.16. The van der Waals surface area contributed by atoms with Crippen LogP contribution in [0.15, 0.2) is 23.1 Å². The number of sulfonamides is 1. The molecule has 0 aromatic heterocycles. The maximum atomic E-state index is 12.2. The quantitative estimate of drug-likeness (QED) is 0.771. The van der Waals surface area contributed by atoms with Crippen molar-refractivity contribution in [1.82, 2.24) is 9.62 Å². The molecule has 0 saturated heterocycles. The van der Waals surface area contributed by atoms with Crippen LogP contribution in [0, 0.1) is 19.3 Å². The van der Waals surface area contributed by atoms with Gasteiger partial charge in [-0.05, 0) is 24.6 Å². The van der Waals surface area contributed by atoms with E-state index in [-0.39, 0.29) is 23.8 Å². The second-order valence-corrected chi connectivity index (χ2v) is 6.63. The molecule has 0 fully saturated rings. The molecule has 0 aliphatic carbocycles. The van der Waals surface area contributed by atoms with Gasteiger partial charge in [0, 0.05) is 14.1 Å². The van der Waals surface area contributed by atoms with E-state index in [2.05, 4.69) is 11.2 Å². The van der Waals surface area contributed by atoms with Gasteiger partial charge < -0.3 is 10.1 Å². The summed E-state index contributed by atoms with van der Waals surface area (Å²) >= 11 is 0. The van der Waals surface area contributed by atoms with Gasteiger partial charge in [-0.3, -0.25) is 4.79 Å². The molecule has 0 atom stereocenters. The zero-order chi connectivity index (χ0) is 16.0. The third kappa shape index (κ3) is 4.48. The molecular formula is C14H18N2O4S. The fraction of sp³-hybridized carbons (Fsp3) is 0.357. The van der Waals surface area contributed by atoms with Crippen LogP contribution >= 0.6 is 0 Å². The lowest BCUT2D eigenvalue weighted by atomic mass is 10.2. The number of nitrogens with zero attached hydrogens (tertiary/aromatic N) is 1. The van der Waals surface area contributed by atoms with Crippen LogP contribution in [0.25, 0.3) is 0 Å². The van der Waals surface area contributed by atoms with Crippen LogP contribution in [0.1, 0.15) is 5.56 Å². The Labute approximate surface area is 125 Å². The van der Waals surface area contributed by atoms with Crippen molar-refractivity contribution in [3.8, 4) is 18.1 Å². The number of rotatable bonds is 6. The molecule has 0 unspecified atom stereocenters. The number of amides is 1. The maximum Gasteiger partial charge on any atom is 0.258 e. The molecular weight excluding hydrogens is 292 g/mol. The van der Waals surface area contributed by atoms with Crippen LogP contribution in [0.5, 0.6) is 5.75 Å². The molecule has 1 N–H and O–H groups in total. The van der Waals surface area contributed by atoms with Gasteiger partial charge in [0.2, 0.25) is 10.0 Å². The van der Waals surface area contributed by atoms with Gasteiger partial charge in [0.25, 0.3) is 5.91 Å². The van der Waals surface area contributed by atoms with Gasteiger partial charge >= 0.3 is 0 Å². The van der Waals surface area contributed by atoms with Gasteiger partial charge in [-0.25, -0.2) is 12.7 Å². The first-order valence-corrected chi connectivity index (χ1v) is 7.59. The van der Waals surface area contributed by atoms with E-state index in [4.69, 9.17) is 11.2 Å². The zero-order valence-corrected chi connectivity index (χ0v) is 13.0. The number of aryl methyl sites for hydroxylation is 1. The second kappa shape index (κ2) is 7.11. The second-order valence-electron chi connectivity index (χ2n) is 4.51. The van der Waals surface area contributed by atoms with Crippen molar-refractivity contribution in [2.45, 2.75) is 11.8 Å². The van der Waals surface area contributed by atoms with Crippen LogP contribution in [0.3, 0.4) is 0 Å². The van der Waals surface area contributed by atoms with Crippen molar-refractivity contribution in [2.75, 3.05) is 27.2 Å². The average Bonchev–Trinajstić information content (AvgIpc) is 2.43. The summed E-state index contributed by atoms with van der Waals surface area (Å²) < 4.78 is 30.9. The van der Waals surface area contributed by atoms with Crippen LogP contribution in [0.2, 0.25) is 0 Å². The summed E-state index contributed by atoms with van der Waals surface area (Å²) in [7, 11) is -0.787. The van der Waals surface area contributed by atoms with Crippen LogP contribution in [0.4, 0.5) is 0 Å². The highest BCUT2D eigenvalue weighted by molar-refractivity contribution is 7.89. The summed E-state index contributed by atoms with van der Waals surface area (Å²) in [5.41, 5.74) is 0.777. The molecule has 1 amide bonds. The average molecular weight is 310 g/mol. The molecule has 0 spiro atoms. The van der Waals surface area contributed by atoms with Gasteiger partial charge in [-0.1, -0.05) is 12.0 Å². The molecule has 0 heterocycles. The Bertz CT molecular complexity index is 660. The molecule has 6 nitrogen and oxygen atoms in total. The Kier molecular flexibility index (Phi) is 5.76. The standard InChI is InChI=1S/C14H18N2O4S/c1-5-8-15-14(17)10-20-12-7-6-11(2)9-13(12)21(18,19)16(3)4/h1,6-7,9H,8,10H2,2-4H3,(H,15,17). The minimum absolute atomic E-state index is 0.0252. The predicted molar refractivity (Wildman–Crippen MR) is 79.4 cm³/mol. The molecule has 0 bridgehead atoms. The number of ether oxygens (including phenoxy) is 1. The topological polar surface area (TPSA) is 75.7 Å². The lowest BCUT2D eigenvalue weighted by Crippen LogP contribution is -2.29. The summed E-state index contributed by atoms with van der Waals surface area (Å²) in [6.07, 6.45) is 5.02. The molecule has 1 aromatic carbocycles. The van der Waals surface area contributed by atoms with Crippen molar-refractivity contribution < 1.29 is 17.9 Å². The van der Waals surface area contributed by atoms with Crippen molar-refractivity contribution in [2.24, 2.45) is 0 Å². The van der Waals surface area contributed by atoms with Crippen molar-refractivity contribution in [3.63, 3.8) is 0 Å². The molecule has 1 aromatic rings. The summed E-state index contributed by atoms with van der Waals surface area (Å²) in [5, 5.41) is 2.44. The SMILES string of the molecule is C#CCNC(=O)COc1ccc(C)cc1S(=O)(=O)N(C)C. The Balaban J connectivity index is 2.99. The van der Waals surface area contributed by atoms with Crippen LogP contribution in [-0.4, -0.2) is 45.9 Å². The van der Waals surface area contributed by atoms with E-state index in [1.165, 1.54) is 26.2 Å². The molecule has 0 aliphatic heterocycles. The Morgan fingerprint density at radius 2 is 2.10 bits per heavy atom. The fourth-order valence-corrected chi connectivity index (χ4v) is 2.59. The van der Waals surface area contributed by atoms with E-state index in [0.29, 0.717) is 0 Å². The number of carbonyl (C=O) groups excluding carboxylic acids is 1. The number of terminal acetylenes is 1. The van der Waals surface area contributed by atoms with E-state index < -0.39 is 15.9 Å². The summed E-state index contributed by atoms with van der Waals surface area (Å²) in [5.74, 6) is 1.98. The monoisotopic (exact) mass is 310 g/mol. The van der Waals surface area contributed by atoms with E-state index >= 15 is 0 Å². The third-order valence-corrected chi connectivity index (χ3v) is 4.44. The van der Waals surface area contributed by atoms with E-state index in [1.807, 2.05) is 0 Å². The van der Waals surface area contributed by atoms with Crippen molar-refractivity contribution >= 4 is 15.9 Å². The van der Waals surface area contributed by atoms with Gasteiger partial charge in [-0.15, -0.1) is 6.42 Å². The predicted octanol–water partition coefficient (Wildman–Crippen LogP) is 0.374. The van der Waals surface area contributed by atoms with Gasteiger partial charge in [-0.2, -0.15) is 0 Å². The zero-order valence-electron chi connectivity index (χ0n) is 12.2. The first kappa shape index (κ1) is 17.0. The molecule has 0 radical (unpaired) electrons. The van der Waals surface area contributed by atoms with Crippen molar-refractivity contribution in [1.29, 1.82) is 0 Å². The summed E-state index contributed by atoms with van der Waals surface area (Å²) in [4.78, 5) is 11.5. The molecule has 0 aliphatic rings. The van der Waals surface area contributed by atoms with Crippen molar-refractivity contribution in [3.05, 3.63) is 23.8 Å². The largest absolute Gasteiger partial charge is 0.482 e. The fourth-order valence-electron chi connectivity index (χ4n) is 1.48. The highest BCUT2D eigenvalue weighted by atomic mass is 32.2. The van der Waals surface area contributed by atoms with Gasteiger partial charge in [0.15, 0.2) is 6.61 Å². The first-order chi connectivity index (χ1) is 9.78. The lowest BCUT2D eigenvalue weighted by molar-refractivity contribution is -0.122. The van der Waals surface area contributed by atoms with Gasteiger partial charge in [0.05, 0.1) is 6.54 Å². The Morgan fingerprint density at radius 1 is 1.43 bits per heavy atom. The molecule has 0 saturated carbocycles. The van der Waals surface area contributed by atoms with Crippen LogP contribution < -0.4 is 10.1 Å². The van der Waals surface area contributed by atoms with Crippen LogP contribution in [-0.2, 0) is 14.8 Å². The number of benzene rings is 1. The minimum Gasteiger partial charge on any atom is -0.482 e. The summed E-state index contributed by atoms with van der Waals surface area (Å²) in [6, 6.07) is 4.74. The summed E-state index contributed by atoms with van der Waals surface area (Å²) in [6.45, 7) is 1.57. The third-order valence-electron chi connectivity index (χ3n) is 2.60. The van der Waals surface area contributed by atoms with E-state index in [1.54, 1.807) is 13.0 Å².